The molecule has 2 saturated carbocycles. The minimum absolute atomic E-state index is 0.286. The Balaban J connectivity index is 1.86. The van der Waals surface area contributed by atoms with E-state index in [0.29, 0.717) is 6.04 Å². The topological polar surface area (TPSA) is 29.1 Å². The Kier molecular flexibility index (Phi) is 6.34. The van der Waals surface area contributed by atoms with Crippen LogP contribution >= 0.6 is 0 Å². The van der Waals surface area contributed by atoms with Crippen LogP contribution in [-0.2, 0) is 10.8 Å². The van der Waals surface area contributed by atoms with Crippen LogP contribution < -0.4 is 5.32 Å². The van der Waals surface area contributed by atoms with Crippen LogP contribution in [0.2, 0.25) is 0 Å². The minimum Gasteiger partial charge on any atom is -0.313 e. The molecule has 4 atom stereocenters. The Morgan fingerprint density at radius 2 is 1.68 bits per heavy atom. The third-order valence-electron chi connectivity index (χ3n) is 5.31. The van der Waals surface area contributed by atoms with Gasteiger partial charge >= 0.3 is 0 Å². The van der Waals surface area contributed by atoms with E-state index in [9.17, 15) is 4.21 Å². The van der Waals surface area contributed by atoms with Crippen LogP contribution in [0.15, 0.2) is 0 Å². The minimum atomic E-state index is -0.693. The molecule has 0 saturated heterocycles. The molecular weight excluding hydrogens is 254 g/mol. The summed E-state index contributed by atoms with van der Waals surface area (Å²) < 4.78 is 11.5. The van der Waals surface area contributed by atoms with Crippen molar-refractivity contribution in [2.24, 2.45) is 11.8 Å². The molecule has 0 aromatic heterocycles. The van der Waals surface area contributed by atoms with Crippen LogP contribution in [0.5, 0.6) is 0 Å². The molecule has 0 radical (unpaired) electrons. The second-order valence-corrected chi connectivity index (χ2v) is 8.47. The van der Waals surface area contributed by atoms with Crippen molar-refractivity contribution in [1.82, 2.24) is 5.32 Å². The maximum atomic E-state index is 11.5. The van der Waals surface area contributed by atoms with Crippen LogP contribution in [0, 0.1) is 11.8 Å². The van der Waals surface area contributed by atoms with E-state index in [1.165, 1.54) is 57.8 Å². The van der Waals surface area contributed by atoms with Crippen molar-refractivity contribution in [2.45, 2.75) is 76.0 Å². The smallest absolute Gasteiger partial charge is 0.0441 e. The largest absolute Gasteiger partial charge is 0.313 e. The van der Waals surface area contributed by atoms with Crippen LogP contribution in [0.4, 0.5) is 0 Å². The second kappa shape index (κ2) is 7.78. The lowest BCUT2D eigenvalue weighted by Crippen LogP contribution is -2.45. The highest BCUT2D eigenvalue weighted by atomic mass is 32.2. The summed E-state index contributed by atoms with van der Waals surface area (Å²) in [6, 6.07) is 0.697. The molecule has 0 amide bonds. The van der Waals surface area contributed by atoms with Crippen molar-refractivity contribution in [3.8, 4) is 0 Å². The highest BCUT2D eigenvalue weighted by molar-refractivity contribution is 7.84. The first-order chi connectivity index (χ1) is 9.18. The molecule has 0 heterocycles. The average Bonchev–Trinajstić information content (AvgIpc) is 2.46. The van der Waals surface area contributed by atoms with Gasteiger partial charge in [-0.25, -0.2) is 0 Å². The molecule has 19 heavy (non-hydrogen) atoms. The molecular formula is C16H31NOS. The first-order valence-electron chi connectivity index (χ1n) is 8.24. The van der Waals surface area contributed by atoms with Crippen molar-refractivity contribution in [1.29, 1.82) is 0 Å². The van der Waals surface area contributed by atoms with E-state index < -0.39 is 10.8 Å². The van der Waals surface area contributed by atoms with Gasteiger partial charge in [-0.3, -0.25) is 4.21 Å². The lowest BCUT2D eigenvalue weighted by molar-refractivity contribution is 0.150. The summed E-state index contributed by atoms with van der Waals surface area (Å²) in [6.07, 6.45) is 14.6. The van der Waals surface area contributed by atoms with Crippen molar-refractivity contribution < 1.29 is 4.21 Å². The van der Waals surface area contributed by atoms with E-state index >= 15 is 0 Å². The molecule has 2 fully saturated rings. The van der Waals surface area contributed by atoms with Gasteiger partial charge in [-0.2, -0.15) is 0 Å². The number of hydrogen-bond acceptors (Lipinski definition) is 2. The van der Waals surface area contributed by atoms with Crippen molar-refractivity contribution in [3.05, 3.63) is 0 Å². The molecule has 1 N–H and O–H groups in total. The fourth-order valence-corrected chi connectivity index (χ4v) is 4.31. The van der Waals surface area contributed by atoms with Gasteiger partial charge in [0.15, 0.2) is 0 Å². The van der Waals surface area contributed by atoms with E-state index in [1.54, 1.807) is 0 Å². The van der Waals surface area contributed by atoms with Gasteiger partial charge < -0.3 is 5.32 Å². The molecule has 2 aliphatic carbocycles. The normalized spacial score (nSPS) is 32.9. The number of nitrogens with one attached hydrogen (secondary N) is 1. The molecule has 0 aliphatic heterocycles. The summed E-state index contributed by atoms with van der Waals surface area (Å²) in [5.74, 6) is 1.86. The predicted molar refractivity (Wildman–Crippen MR) is 83.9 cm³/mol. The van der Waals surface area contributed by atoms with Crippen LogP contribution in [-0.4, -0.2) is 28.3 Å². The van der Waals surface area contributed by atoms with E-state index in [0.717, 1.165) is 18.4 Å². The van der Waals surface area contributed by atoms with Gasteiger partial charge in [-0.05, 0) is 31.6 Å². The lowest BCUT2D eigenvalue weighted by atomic mass is 9.71. The third kappa shape index (κ3) is 4.56. The number of rotatable bonds is 5. The molecule has 112 valence electrons. The molecule has 0 bridgehead atoms. The Hall–Kier alpha value is 0.110. The predicted octanol–water partition coefficient (Wildman–Crippen LogP) is 3.48. The maximum absolute atomic E-state index is 11.5. The van der Waals surface area contributed by atoms with E-state index in [1.807, 2.05) is 6.26 Å². The highest BCUT2D eigenvalue weighted by Crippen LogP contribution is 2.38. The van der Waals surface area contributed by atoms with Gasteiger partial charge in [0.1, 0.15) is 0 Å². The summed E-state index contributed by atoms with van der Waals surface area (Å²) in [7, 11) is -0.693. The van der Waals surface area contributed by atoms with Crippen LogP contribution in [0.1, 0.15) is 64.7 Å². The quantitative estimate of drug-likeness (QED) is 0.838. The average molecular weight is 285 g/mol. The Morgan fingerprint density at radius 3 is 2.37 bits per heavy atom. The summed E-state index contributed by atoms with van der Waals surface area (Å²) in [4.78, 5) is 0. The zero-order chi connectivity index (χ0) is 13.7. The maximum Gasteiger partial charge on any atom is 0.0441 e. The first kappa shape index (κ1) is 15.5. The van der Waals surface area contributed by atoms with E-state index in [4.69, 9.17) is 0 Å². The summed E-state index contributed by atoms with van der Waals surface area (Å²) >= 11 is 0. The fourth-order valence-electron chi connectivity index (χ4n) is 3.97. The van der Waals surface area contributed by atoms with Gasteiger partial charge in [0, 0.05) is 34.9 Å². The van der Waals surface area contributed by atoms with Gasteiger partial charge in [0.25, 0.3) is 0 Å². The molecule has 0 aromatic carbocycles. The van der Waals surface area contributed by atoms with E-state index in [2.05, 4.69) is 12.2 Å². The Labute approximate surface area is 121 Å². The lowest BCUT2D eigenvalue weighted by Gasteiger charge is -2.40. The zero-order valence-corrected chi connectivity index (χ0v) is 13.5. The standard InChI is InChI=1S/C16H31NOS/c1-13(19(2)18)12-17-16-11-7-6-10-15(16)14-8-4-3-5-9-14/h13-17H,3-12H2,1-2H3. The molecule has 0 aromatic rings. The third-order valence-corrected chi connectivity index (χ3v) is 6.61. The first-order valence-corrected chi connectivity index (χ1v) is 9.86. The Bertz CT molecular complexity index is 288. The van der Waals surface area contributed by atoms with Crippen molar-refractivity contribution >= 4 is 10.8 Å². The van der Waals surface area contributed by atoms with Crippen LogP contribution in [0.3, 0.4) is 0 Å². The second-order valence-electron chi connectivity index (χ2n) is 6.67. The van der Waals surface area contributed by atoms with Gasteiger partial charge in [-0.1, -0.05) is 44.9 Å². The van der Waals surface area contributed by atoms with Crippen molar-refractivity contribution in [2.75, 3.05) is 12.8 Å². The molecule has 2 nitrogen and oxygen atoms in total. The van der Waals surface area contributed by atoms with Crippen molar-refractivity contribution in [3.63, 3.8) is 0 Å². The zero-order valence-electron chi connectivity index (χ0n) is 12.7. The van der Waals surface area contributed by atoms with E-state index in [-0.39, 0.29) is 5.25 Å². The molecule has 4 unspecified atom stereocenters. The Morgan fingerprint density at radius 1 is 1.05 bits per heavy atom. The number of hydrogen-bond donors (Lipinski definition) is 1. The monoisotopic (exact) mass is 285 g/mol. The van der Waals surface area contributed by atoms with Gasteiger partial charge in [0.2, 0.25) is 0 Å². The van der Waals surface area contributed by atoms with Gasteiger partial charge in [0.05, 0.1) is 0 Å². The van der Waals surface area contributed by atoms with Gasteiger partial charge in [-0.15, -0.1) is 0 Å². The molecule has 2 rings (SSSR count). The summed E-state index contributed by atoms with van der Waals surface area (Å²) in [5, 5.41) is 4.04. The SMILES string of the molecule is CC(CNC1CCCCC1C1CCCCC1)S(C)=O. The van der Waals surface area contributed by atoms with Crippen LogP contribution in [0.25, 0.3) is 0 Å². The summed E-state index contributed by atoms with van der Waals surface area (Å²) in [5.41, 5.74) is 0. The highest BCUT2D eigenvalue weighted by Gasteiger charge is 2.32. The fraction of sp³-hybridized carbons (Fsp3) is 1.00. The molecule has 3 heteroatoms. The molecule has 0 spiro atoms. The molecule has 2 aliphatic rings. The summed E-state index contributed by atoms with van der Waals surface area (Å²) in [6.45, 7) is 3.03.